The summed E-state index contributed by atoms with van der Waals surface area (Å²) in [6.45, 7) is 0. The highest BCUT2D eigenvalue weighted by Gasteiger charge is 2.15. The molecule has 1 unspecified atom stereocenters. The van der Waals surface area contributed by atoms with Gasteiger partial charge >= 0.3 is 5.97 Å². The zero-order chi connectivity index (χ0) is 14.3. The van der Waals surface area contributed by atoms with Crippen LogP contribution in [0.25, 0.3) is 0 Å². The standard InChI is InChI=1S/C12H13BrFNO3S/c13-10-5-9(14)2-1-8(10)6-19-4-3-11(12(17)18)15-7-16/h1-2,5,7,11H,3-4,6H2,(H,15,16)(H,17,18). The summed E-state index contributed by atoms with van der Waals surface area (Å²) >= 11 is 4.80. The van der Waals surface area contributed by atoms with Gasteiger partial charge < -0.3 is 10.4 Å². The maximum absolute atomic E-state index is 12.9. The Morgan fingerprint density at radius 3 is 2.89 bits per heavy atom. The minimum Gasteiger partial charge on any atom is -0.480 e. The van der Waals surface area contributed by atoms with Crippen LogP contribution in [0.1, 0.15) is 12.0 Å². The Morgan fingerprint density at radius 2 is 2.32 bits per heavy atom. The fourth-order valence-corrected chi connectivity index (χ4v) is 3.08. The van der Waals surface area contributed by atoms with Gasteiger partial charge in [0.15, 0.2) is 0 Å². The molecule has 0 radical (unpaired) electrons. The molecule has 104 valence electrons. The second-order valence-corrected chi connectivity index (χ2v) is 5.71. The molecule has 0 bridgehead atoms. The van der Waals surface area contributed by atoms with Gasteiger partial charge in [-0.15, -0.1) is 0 Å². The van der Waals surface area contributed by atoms with E-state index in [2.05, 4.69) is 21.2 Å². The minimum absolute atomic E-state index is 0.304. The number of thioether (sulfide) groups is 1. The van der Waals surface area contributed by atoms with E-state index in [1.807, 2.05) is 0 Å². The average molecular weight is 350 g/mol. The Labute approximate surface area is 122 Å². The third kappa shape index (κ3) is 5.61. The van der Waals surface area contributed by atoms with Gasteiger partial charge in [0.1, 0.15) is 11.9 Å². The number of rotatable bonds is 8. The lowest BCUT2D eigenvalue weighted by molar-refractivity contribution is -0.140. The fourth-order valence-electron chi connectivity index (χ4n) is 1.38. The van der Waals surface area contributed by atoms with Crippen molar-refractivity contribution in [1.29, 1.82) is 0 Å². The molecule has 0 saturated carbocycles. The molecule has 0 aliphatic rings. The molecule has 0 aromatic heterocycles. The lowest BCUT2D eigenvalue weighted by Crippen LogP contribution is -2.36. The zero-order valence-corrected chi connectivity index (χ0v) is 12.3. The molecule has 7 heteroatoms. The molecule has 1 amide bonds. The third-order valence-corrected chi connectivity index (χ3v) is 4.17. The van der Waals surface area contributed by atoms with Crippen LogP contribution in [0.2, 0.25) is 0 Å². The third-order valence-electron chi connectivity index (χ3n) is 2.39. The number of carboxylic acid groups (broad SMARTS) is 1. The molecule has 2 N–H and O–H groups in total. The number of amides is 1. The van der Waals surface area contributed by atoms with Crippen LogP contribution in [0.4, 0.5) is 4.39 Å². The summed E-state index contributed by atoms with van der Waals surface area (Å²) in [5, 5.41) is 11.1. The number of hydrogen-bond donors (Lipinski definition) is 2. The summed E-state index contributed by atoms with van der Waals surface area (Å²) in [5.74, 6) is -0.118. The number of aliphatic carboxylic acids is 1. The summed E-state index contributed by atoms with van der Waals surface area (Å²) in [4.78, 5) is 21.0. The lowest BCUT2D eigenvalue weighted by Gasteiger charge is -2.10. The number of nitrogens with one attached hydrogen (secondary N) is 1. The van der Waals surface area contributed by atoms with Crippen LogP contribution in [0.5, 0.6) is 0 Å². The molecule has 1 aromatic rings. The summed E-state index contributed by atoms with van der Waals surface area (Å²) in [7, 11) is 0. The monoisotopic (exact) mass is 349 g/mol. The topological polar surface area (TPSA) is 66.4 Å². The van der Waals surface area contributed by atoms with Crippen LogP contribution < -0.4 is 5.32 Å². The maximum Gasteiger partial charge on any atom is 0.326 e. The molecular formula is C12H13BrFNO3S. The van der Waals surface area contributed by atoms with Gasteiger partial charge in [-0.1, -0.05) is 22.0 Å². The van der Waals surface area contributed by atoms with E-state index in [0.717, 1.165) is 5.56 Å². The van der Waals surface area contributed by atoms with Gasteiger partial charge in [-0.05, 0) is 29.9 Å². The van der Waals surface area contributed by atoms with Gasteiger partial charge in [-0.2, -0.15) is 11.8 Å². The Kier molecular flexibility index (Phi) is 6.86. The van der Waals surface area contributed by atoms with Crippen molar-refractivity contribution in [3.8, 4) is 0 Å². The predicted octanol–water partition coefficient (Wildman–Crippen LogP) is 2.41. The first-order valence-electron chi connectivity index (χ1n) is 5.48. The van der Waals surface area contributed by atoms with Gasteiger partial charge in [-0.3, -0.25) is 4.79 Å². The van der Waals surface area contributed by atoms with Crippen LogP contribution in [-0.4, -0.2) is 29.3 Å². The van der Waals surface area contributed by atoms with E-state index in [4.69, 9.17) is 5.11 Å². The SMILES string of the molecule is O=CNC(CCSCc1ccc(F)cc1Br)C(=O)O. The van der Waals surface area contributed by atoms with E-state index in [0.29, 0.717) is 28.8 Å². The molecule has 0 aliphatic carbocycles. The summed E-state index contributed by atoms with van der Waals surface area (Å²) in [6.07, 6.45) is 0.734. The number of carbonyl (C=O) groups is 2. The molecule has 0 spiro atoms. The van der Waals surface area contributed by atoms with Crippen LogP contribution in [0.3, 0.4) is 0 Å². The van der Waals surface area contributed by atoms with Crippen LogP contribution in [0.15, 0.2) is 22.7 Å². The fraction of sp³-hybridized carbons (Fsp3) is 0.333. The van der Waals surface area contributed by atoms with Gasteiger partial charge in [0.05, 0.1) is 0 Å². The largest absolute Gasteiger partial charge is 0.480 e. The number of carbonyl (C=O) groups excluding carboxylic acids is 1. The van der Waals surface area contributed by atoms with Crippen molar-refractivity contribution in [2.75, 3.05) is 5.75 Å². The number of halogens is 2. The molecule has 0 heterocycles. The quantitative estimate of drug-likeness (QED) is 0.558. The highest BCUT2D eigenvalue weighted by atomic mass is 79.9. The predicted molar refractivity (Wildman–Crippen MR) is 75.5 cm³/mol. The van der Waals surface area contributed by atoms with E-state index < -0.39 is 12.0 Å². The Hall–Kier alpha value is -1.08. The normalized spacial score (nSPS) is 11.9. The van der Waals surface area contributed by atoms with Crippen molar-refractivity contribution in [2.24, 2.45) is 0 Å². The molecule has 1 rings (SSSR count). The first-order chi connectivity index (χ1) is 9.04. The number of carboxylic acids is 1. The Balaban J connectivity index is 2.37. The van der Waals surface area contributed by atoms with E-state index in [1.54, 1.807) is 6.07 Å². The van der Waals surface area contributed by atoms with Gasteiger partial charge in [0.2, 0.25) is 6.41 Å². The molecule has 0 fully saturated rings. The molecule has 19 heavy (non-hydrogen) atoms. The molecule has 0 aliphatic heterocycles. The molecular weight excluding hydrogens is 337 g/mol. The van der Waals surface area contributed by atoms with Crippen molar-refractivity contribution >= 4 is 40.1 Å². The van der Waals surface area contributed by atoms with Crippen LogP contribution >= 0.6 is 27.7 Å². The first-order valence-corrected chi connectivity index (χ1v) is 7.43. The Morgan fingerprint density at radius 1 is 1.58 bits per heavy atom. The van der Waals surface area contributed by atoms with Gasteiger partial charge in [0, 0.05) is 10.2 Å². The van der Waals surface area contributed by atoms with Crippen molar-refractivity contribution in [1.82, 2.24) is 5.32 Å². The second-order valence-electron chi connectivity index (χ2n) is 3.75. The van der Waals surface area contributed by atoms with Gasteiger partial charge in [-0.25, -0.2) is 9.18 Å². The van der Waals surface area contributed by atoms with Crippen molar-refractivity contribution in [3.63, 3.8) is 0 Å². The van der Waals surface area contributed by atoms with E-state index in [-0.39, 0.29) is 5.82 Å². The molecule has 1 atom stereocenters. The van der Waals surface area contributed by atoms with Crippen LogP contribution in [-0.2, 0) is 15.3 Å². The zero-order valence-electron chi connectivity index (χ0n) is 9.94. The number of hydrogen-bond acceptors (Lipinski definition) is 3. The summed E-state index contributed by atoms with van der Waals surface area (Å²) in [5.41, 5.74) is 0.946. The Bertz CT molecular complexity index is 459. The maximum atomic E-state index is 12.9. The number of benzene rings is 1. The molecule has 4 nitrogen and oxygen atoms in total. The summed E-state index contributed by atoms with van der Waals surface area (Å²) in [6, 6.07) is 3.60. The van der Waals surface area contributed by atoms with Crippen LogP contribution in [0, 0.1) is 5.82 Å². The molecule has 0 saturated heterocycles. The van der Waals surface area contributed by atoms with Crippen molar-refractivity contribution in [2.45, 2.75) is 18.2 Å². The summed E-state index contributed by atoms with van der Waals surface area (Å²) < 4.78 is 13.6. The van der Waals surface area contributed by atoms with Crippen molar-refractivity contribution in [3.05, 3.63) is 34.1 Å². The average Bonchev–Trinajstić information content (AvgIpc) is 2.35. The van der Waals surface area contributed by atoms with E-state index in [1.165, 1.54) is 23.9 Å². The molecule has 1 aromatic carbocycles. The first kappa shape index (κ1) is 16.0. The minimum atomic E-state index is -1.05. The van der Waals surface area contributed by atoms with E-state index >= 15 is 0 Å². The second kappa shape index (κ2) is 8.16. The highest BCUT2D eigenvalue weighted by molar-refractivity contribution is 9.10. The van der Waals surface area contributed by atoms with Crippen molar-refractivity contribution < 1.29 is 19.1 Å². The highest BCUT2D eigenvalue weighted by Crippen LogP contribution is 2.23. The van der Waals surface area contributed by atoms with E-state index in [9.17, 15) is 14.0 Å². The smallest absolute Gasteiger partial charge is 0.326 e. The lowest BCUT2D eigenvalue weighted by atomic mass is 10.2. The van der Waals surface area contributed by atoms with Gasteiger partial charge in [0.25, 0.3) is 0 Å².